The van der Waals surface area contributed by atoms with E-state index in [1.807, 2.05) is 24.3 Å². The Hall–Kier alpha value is -3.09. The zero-order valence-corrected chi connectivity index (χ0v) is 14.7. The monoisotopic (exact) mass is 351 g/mol. The highest BCUT2D eigenvalue weighted by Gasteiger charge is 2.08. The van der Waals surface area contributed by atoms with Gasteiger partial charge in [0.05, 0.1) is 11.9 Å². The zero-order valence-electron chi connectivity index (χ0n) is 14.7. The minimum Gasteiger partial charge on any atom is -0.369 e. The Morgan fingerprint density at radius 1 is 1.15 bits per heavy atom. The van der Waals surface area contributed by atoms with Crippen molar-refractivity contribution in [3.05, 3.63) is 57.6 Å². The van der Waals surface area contributed by atoms with E-state index in [0.29, 0.717) is 18.5 Å². The Kier molecular flexibility index (Phi) is 5.36. The fraction of sp³-hybridized carbons (Fsp3) is 0.316. The highest BCUT2D eigenvalue weighted by Crippen LogP contribution is 2.12. The number of unbranched alkanes of at least 4 members (excludes halogenated alkanes) is 1. The molecule has 0 amide bonds. The predicted octanol–water partition coefficient (Wildman–Crippen LogP) is 2.45. The van der Waals surface area contributed by atoms with Crippen LogP contribution < -0.4 is 11.3 Å². The second kappa shape index (κ2) is 7.86. The van der Waals surface area contributed by atoms with Crippen LogP contribution in [-0.2, 0) is 12.8 Å². The standard InChI is InChI=1S/C19H21N5O2/c1-2-3-4-15(25)13-8-5-12(6-9-13)7-10-14-11-21-17-16(22-14)18(26)24-19(20)23-17/h5-6,8-9,11H,2-4,7,10H2,1H3,(H3,20,21,23,24,26). The average molecular weight is 351 g/mol. The minimum absolute atomic E-state index is 0.0260. The highest BCUT2D eigenvalue weighted by molar-refractivity contribution is 5.96. The molecule has 0 atom stereocenters. The number of aromatic amines is 1. The maximum atomic E-state index is 12.0. The number of fused-ring (bicyclic) bond motifs is 1. The van der Waals surface area contributed by atoms with Crippen LogP contribution >= 0.6 is 0 Å². The van der Waals surface area contributed by atoms with Gasteiger partial charge >= 0.3 is 0 Å². The third-order valence-corrected chi connectivity index (χ3v) is 4.19. The summed E-state index contributed by atoms with van der Waals surface area (Å²) in [5.41, 5.74) is 8.10. The van der Waals surface area contributed by atoms with Crippen molar-refractivity contribution >= 4 is 22.9 Å². The van der Waals surface area contributed by atoms with E-state index in [0.717, 1.165) is 30.4 Å². The van der Waals surface area contributed by atoms with Crippen LogP contribution in [0.15, 0.2) is 35.3 Å². The number of carbonyl (C=O) groups is 1. The highest BCUT2D eigenvalue weighted by atomic mass is 16.1. The number of aromatic nitrogens is 4. The second-order valence-corrected chi connectivity index (χ2v) is 6.21. The molecule has 0 fully saturated rings. The van der Waals surface area contributed by atoms with Crippen LogP contribution in [0.2, 0.25) is 0 Å². The largest absolute Gasteiger partial charge is 0.369 e. The molecule has 0 spiro atoms. The molecule has 134 valence electrons. The molecule has 0 saturated heterocycles. The first-order valence-corrected chi connectivity index (χ1v) is 8.70. The number of hydrogen-bond donors (Lipinski definition) is 2. The number of H-pyrrole nitrogens is 1. The number of hydrogen-bond acceptors (Lipinski definition) is 6. The maximum Gasteiger partial charge on any atom is 0.280 e. The number of anilines is 1. The van der Waals surface area contributed by atoms with Crippen LogP contribution in [0.4, 0.5) is 5.95 Å². The van der Waals surface area contributed by atoms with Crippen molar-refractivity contribution < 1.29 is 4.79 Å². The Morgan fingerprint density at radius 3 is 2.65 bits per heavy atom. The number of aryl methyl sites for hydroxylation is 2. The molecule has 3 rings (SSSR count). The van der Waals surface area contributed by atoms with Crippen molar-refractivity contribution in [3.63, 3.8) is 0 Å². The van der Waals surface area contributed by atoms with Gasteiger partial charge in [0, 0.05) is 12.0 Å². The number of Topliss-reactive ketones (excluding diaryl/α,β-unsaturated/α-hetero) is 1. The summed E-state index contributed by atoms with van der Waals surface area (Å²) in [7, 11) is 0. The molecule has 0 aliphatic carbocycles. The van der Waals surface area contributed by atoms with E-state index < -0.39 is 5.56 Å². The number of rotatable bonds is 7. The number of nitrogens with one attached hydrogen (secondary N) is 1. The lowest BCUT2D eigenvalue weighted by Crippen LogP contribution is -2.14. The summed E-state index contributed by atoms with van der Waals surface area (Å²) < 4.78 is 0. The van der Waals surface area contributed by atoms with Crippen LogP contribution in [0.3, 0.4) is 0 Å². The second-order valence-electron chi connectivity index (χ2n) is 6.21. The van der Waals surface area contributed by atoms with E-state index in [-0.39, 0.29) is 22.9 Å². The van der Waals surface area contributed by atoms with Gasteiger partial charge in [-0.2, -0.15) is 4.98 Å². The number of nitrogens with zero attached hydrogens (tertiary/aromatic N) is 3. The van der Waals surface area contributed by atoms with Gasteiger partial charge in [-0.1, -0.05) is 37.6 Å². The van der Waals surface area contributed by atoms with Crippen LogP contribution in [0.5, 0.6) is 0 Å². The maximum absolute atomic E-state index is 12.0. The fourth-order valence-corrected chi connectivity index (χ4v) is 2.70. The van der Waals surface area contributed by atoms with E-state index in [4.69, 9.17) is 5.73 Å². The molecule has 3 N–H and O–H groups in total. The summed E-state index contributed by atoms with van der Waals surface area (Å²) in [6, 6.07) is 7.67. The SMILES string of the molecule is CCCCC(=O)c1ccc(CCc2cnc3nc(N)[nH]c(=O)c3n2)cc1. The molecule has 0 aliphatic rings. The third-order valence-electron chi connectivity index (χ3n) is 4.19. The third kappa shape index (κ3) is 4.11. The molecule has 2 aromatic heterocycles. The lowest BCUT2D eigenvalue weighted by molar-refractivity contribution is 0.0980. The Bertz CT molecular complexity index is 979. The molecule has 0 bridgehead atoms. The molecule has 1 aromatic carbocycles. The van der Waals surface area contributed by atoms with E-state index in [9.17, 15) is 9.59 Å². The van der Waals surface area contributed by atoms with Crippen molar-refractivity contribution in [3.8, 4) is 0 Å². The molecule has 26 heavy (non-hydrogen) atoms. The van der Waals surface area contributed by atoms with Gasteiger partial charge in [-0.25, -0.2) is 9.97 Å². The quantitative estimate of drug-likeness (QED) is 0.632. The molecule has 2 heterocycles. The summed E-state index contributed by atoms with van der Waals surface area (Å²) in [5, 5.41) is 0. The van der Waals surface area contributed by atoms with E-state index in [1.54, 1.807) is 6.20 Å². The normalized spacial score (nSPS) is 11.0. The van der Waals surface area contributed by atoms with Gasteiger partial charge in [-0.15, -0.1) is 0 Å². The zero-order chi connectivity index (χ0) is 18.5. The Balaban J connectivity index is 1.68. The van der Waals surface area contributed by atoms with Gasteiger partial charge in [-0.05, 0) is 24.8 Å². The average Bonchev–Trinajstić information content (AvgIpc) is 2.65. The summed E-state index contributed by atoms with van der Waals surface area (Å²) in [4.78, 5) is 38.8. The van der Waals surface area contributed by atoms with Gasteiger partial charge in [-0.3, -0.25) is 14.6 Å². The van der Waals surface area contributed by atoms with Gasteiger partial charge in [0.25, 0.3) is 5.56 Å². The Morgan fingerprint density at radius 2 is 1.92 bits per heavy atom. The molecule has 0 radical (unpaired) electrons. The number of carbonyl (C=O) groups excluding carboxylic acids is 1. The number of benzene rings is 1. The number of nitrogen functional groups attached to an aromatic ring is 1. The summed E-state index contributed by atoms with van der Waals surface area (Å²) in [6.07, 6.45) is 5.51. The molecular weight excluding hydrogens is 330 g/mol. The van der Waals surface area contributed by atoms with Gasteiger partial charge in [0.15, 0.2) is 16.9 Å². The summed E-state index contributed by atoms with van der Waals surface area (Å²) in [5.74, 6) is 0.211. The molecule has 0 aliphatic heterocycles. The first-order valence-electron chi connectivity index (χ1n) is 8.70. The number of ketones is 1. The molecule has 0 unspecified atom stereocenters. The first kappa shape index (κ1) is 17.7. The van der Waals surface area contributed by atoms with Crippen LogP contribution in [0.25, 0.3) is 11.2 Å². The van der Waals surface area contributed by atoms with Crippen molar-refractivity contribution in [2.75, 3.05) is 5.73 Å². The Labute approximate surface area is 150 Å². The van der Waals surface area contributed by atoms with Crippen LogP contribution in [-0.4, -0.2) is 25.7 Å². The van der Waals surface area contributed by atoms with E-state index in [2.05, 4.69) is 26.9 Å². The lowest BCUT2D eigenvalue weighted by Gasteiger charge is -2.05. The van der Waals surface area contributed by atoms with Crippen molar-refractivity contribution in [2.24, 2.45) is 0 Å². The van der Waals surface area contributed by atoms with Crippen molar-refractivity contribution in [2.45, 2.75) is 39.0 Å². The van der Waals surface area contributed by atoms with Gasteiger partial charge in [0.1, 0.15) is 0 Å². The predicted molar refractivity (Wildman–Crippen MR) is 100 cm³/mol. The van der Waals surface area contributed by atoms with Crippen LogP contribution in [0.1, 0.15) is 47.8 Å². The van der Waals surface area contributed by atoms with Gasteiger partial charge in [0.2, 0.25) is 5.95 Å². The van der Waals surface area contributed by atoms with Gasteiger partial charge < -0.3 is 5.73 Å². The van der Waals surface area contributed by atoms with Crippen molar-refractivity contribution in [1.82, 2.24) is 19.9 Å². The van der Waals surface area contributed by atoms with E-state index >= 15 is 0 Å². The van der Waals surface area contributed by atoms with Crippen molar-refractivity contribution in [1.29, 1.82) is 0 Å². The summed E-state index contributed by atoms with van der Waals surface area (Å²) in [6.45, 7) is 2.07. The molecule has 7 nitrogen and oxygen atoms in total. The lowest BCUT2D eigenvalue weighted by atomic mass is 10.0. The fourth-order valence-electron chi connectivity index (χ4n) is 2.70. The summed E-state index contributed by atoms with van der Waals surface area (Å²) >= 11 is 0. The smallest absolute Gasteiger partial charge is 0.280 e. The van der Waals surface area contributed by atoms with E-state index in [1.165, 1.54) is 0 Å². The van der Waals surface area contributed by atoms with Crippen LogP contribution in [0, 0.1) is 0 Å². The molecule has 7 heteroatoms. The number of nitrogens with two attached hydrogens (primary N) is 1. The first-order chi connectivity index (χ1) is 12.6. The minimum atomic E-state index is -0.392. The topological polar surface area (TPSA) is 115 Å². The molecular formula is C19H21N5O2. The molecule has 0 saturated carbocycles. The molecule has 3 aromatic rings.